The van der Waals surface area contributed by atoms with Crippen LogP contribution in [-0.4, -0.2) is 43.4 Å². The summed E-state index contributed by atoms with van der Waals surface area (Å²) in [6, 6.07) is 1.71. The topological polar surface area (TPSA) is 112 Å². The number of carbonyl (C=O) groups is 1. The highest BCUT2D eigenvalue weighted by Crippen LogP contribution is 2.41. The number of anilines is 1. The SMILES string of the molecule is C#C[C@@]1(O)[C@H](OC(=O)C(C)C)[C@@H](C)O[C@H]1n1ccc2c(N)ncnc21. The molecule has 3 rings (SSSR count). The summed E-state index contributed by atoms with van der Waals surface area (Å²) in [5.74, 6) is 1.83. The Labute approximate surface area is 145 Å². The second kappa shape index (κ2) is 6.02. The molecule has 0 spiro atoms. The smallest absolute Gasteiger partial charge is 0.308 e. The molecule has 25 heavy (non-hydrogen) atoms. The van der Waals surface area contributed by atoms with Gasteiger partial charge in [0.2, 0.25) is 5.60 Å². The molecule has 2 aromatic rings. The summed E-state index contributed by atoms with van der Waals surface area (Å²) in [6.45, 7) is 5.10. The molecule has 1 aliphatic heterocycles. The second-order valence-electron chi connectivity index (χ2n) is 6.39. The normalized spacial score (nSPS) is 29.0. The third kappa shape index (κ3) is 2.62. The van der Waals surface area contributed by atoms with E-state index in [0.29, 0.717) is 16.9 Å². The molecule has 0 saturated carbocycles. The number of terminal acetylenes is 1. The Kier molecular flexibility index (Phi) is 4.14. The maximum atomic E-state index is 12.0. The molecule has 8 heteroatoms. The first-order valence-corrected chi connectivity index (χ1v) is 7.92. The van der Waals surface area contributed by atoms with Crippen molar-refractivity contribution in [3.8, 4) is 12.3 Å². The summed E-state index contributed by atoms with van der Waals surface area (Å²) in [5, 5.41) is 11.7. The lowest BCUT2D eigenvalue weighted by molar-refractivity contribution is -0.162. The van der Waals surface area contributed by atoms with E-state index in [9.17, 15) is 9.90 Å². The Bertz CT molecular complexity index is 856. The number of aromatic nitrogens is 3. The molecule has 4 atom stereocenters. The van der Waals surface area contributed by atoms with Gasteiger partial charge in [-0.1, -0.05) is 19.8 Å². The Balaban J connectivity index is 2.03. The molecule has 1 saturated heterocycles. The van der Waals surface area contributed by atoms with Crippen molar-refractivity contribution in [1.29, 1.82) is 0 Å². The van der Waals surface area contributed by atoms with Crippen molar-refractivity contribution in [1.82, 2.24) is 14.5 Å². The van der Waals surface area contributed by atoms with Crippen molar-refractivity contribution in [3.05, 3.63) is 18.6 Å². The number of nitrogens with zero attached hydrogens (tertiary/aromatic N) is 3. The van der Waals surface area contributed by atoms with Crippen LogP contribution < -0.4 is 5.73 Å². The number of ether oxygens (including phenoxy) is 2. The molecule has 1 aliphatic rings. The zero-order valence-corrected chi connectivity index (χ0v) is 14.2. The van der Waals surface area contributed by atoms with E-state index in [1.165, 1.54) is 6.33 Å². The number of hydrogen-bond donors (Lipinski definition) is 2. The number of fused-ring (bicyclic) bond motifs is 1. The average Bonchev–Trinajstić information content (AvgIpc) is 3.10. The van der Waals surface area contributed by atoms with E-state index in [-0.39, 0.29) is 5.92 Å². The predicted octanol–water partition coefficient (Wildman–Crippen LogP) is 0.863. The van der Waals surface area contributed by atoms with Crippen LogP contribution in [0, 0.1) is 18.3 Å². The fourth-order valence-corrected chi connectivity index (χ4v) is 2.93. The lowest BCUT2D eigenvalue weighted by atomic mass is 9.95. The Morgan fingerprint density at radius 3 is 2.92 bits per heavy atom. The number of carbonyl (C=O) groups excluding carboxylic acids is 1. The molecule has 0 bridgehead atoms. The predicted molar refractivity (Wildman–Crippen MR) is 90.0 cm³/mol. The molecule has 0 unspecified atom stereocenters. The highest BCUT2D eigenvalue weighted by Gasteiger charge is 2.57. The van der Waals surface area contributed by atoms with E-state index >= 15 is 0 Å². The first-order valence-electron chi connectivity index (χ1n) is 7.92. The van der Waals surface area contributed by atoms with Crippen LogP contribution in [0.2, 0.25) is 0 Å². The van der Waals surface area contributed by atoms with Crippen LogP contribution >= 0.6 is 0 Å². The number of esters is 1. The van der Waals surface area contributed by atoms with E-state index in [0.717, 1.165) is 0 Å². The van der Waals surface area contributed by atoms with E-state index in [4.69, 9.17) is 21.6 Å². The lowest BCUT2D eigenvalue weighted by Crippen LogP contribution is -2.47. The van der Waals surface area contributed by atoms with Crippen LogP contribution in [0.15, 0.2) is 18.6 Å². The Morgan fingerprint density at radius 1 is 1.56 bits per heavy atom. The number of nitrogen functional groups attached to an aromatic ring is 1. The van der Waals surface area contributed by atoms with Crippen LogP contribution in [-0.2, 0) is 14.3 Å². The van der Waals surface area contributed by atoms with Gasteiger partial charge < -0.3 is 24.9 Å². The van der Waals surface area contributed by atoms with E-state index < -0.39 is 30.0 Å². The minimum Gasteiger partial charge on any atom is -0.455 e. The minimum atomic E-state index is -1.85. The van der Waals surface area contributed by atoms with Crippen LogP contribution in [0.5, 0.6) is 0 Å². The lowest BCUT2D eigenvalue weighted by Gasteiger charge is -2.29. The van der Waals surface area contributed by atoms with Crippen molar-refractivity contribution in [3.63, 3.8) is 0 Å². The molecule has 0 aromatic carbocycles. The summed E-state index contributed by atoms with van der Waals surface area (Å²) in [7, 11) is 0. The zero-order chi connectivity index (χ0) is 18.4. The molecule has 132 valence electrons. The number of nitrogens with two attached hydrogens (primary N) is 1. The van der Waals surface area contributed by atoms with Gasteiger partial charge in [-0.25, -0.2) is 9.97 Å². The number of rotatable bonds is 3. The van der Waals surface area contributed by atoms with Gasteiger partial charge in [-0.3, -0.25) is 4.79 Å². The minimum absolute atomic E-state index is 0.307. The van der Waals surface area contributed by atoms with E-state index in [1.54, 1.807) is 37.6 Å². The average molecular weight is 344 g/mol. The monoisotopic (exact) mass is 344 g/mol. The van der Waals surface area contributed by atoms with Gasteiger partial charge in [0, 0.05) is 6.20 Å². The summed E-state index contributed by atoms with van der Waals surface area (Å²) >= 11 is 0. The van der Waals surface area contributed by atoms with Gasteiger partial charge in [0.1, 0.15) is 17.8 Å². The third-order valence-electron chi connectivity index (χ3n) is 4.32. The molecule has 0 radical (unpaired) electrons. The first-order chi connectivity index (χ1) is 11.8. The quantitative estimate of drug-likeness (QED) is 0.627. The molecule has 3 N–H and O–H groups in total. The van der Waals surface area contributed by atoms with Gasteiger partial charge in [-0.15, -0.1) is 6.42 Å². The van der Waals surface area contributed by atoms with Crippen molar-refractivity contribution in [2.24, 2.45) is 5.92 Å². The summed E-state index contributed by atoms with van der Waals surface area (Å²) < 4.78 is 12.9. The molecule has 8 nitrogen and oxygen atoms in total. The van der Waals surface area contributed by atoms with Crippen LogP contribution in [0.3, 0.4) is 0 Å². The van der Waals surface area contributed by atoms with Crippen LogP contribution in [0.1, 0.15) is 27.0 Å². The van der Waals surface area contributed by atoms with E-state index in [2.05, 4.69) is 15.9 Å². The van der Waals surface area contributed by atoms with Gasteiger partial charge in [0.15, 0.2) is 12.3 Å². The fraction of sp³-hybridized carbons (Fsp3) is 0.471. The highest BCUT2D eigenvalue weighted by atomic mass is 16.6. The van der Waals surface area contributed by atoms with Crippen LogP contribution in [0.4, 0.5) is 5.82 Å². The standard InChI is InChI=1S/C17H20N4O4/c1-5-17(23)12(25-15(22)9(2)3)10(4)24-16(17)21-7-6-11-13(18)19-8-20-14(11)21/h1,6-10,12,16,23H,2-4H3,(H2,18,19,20)/t10-,12-,16-,17-/m1/s1. The molecule has 0 amide bonds. The van der Waals surface area contributed by atoms with Gasteiger partial charge in [0.25, 0.3) is 0 Å². The fourth-order valence-electron chi connectivity index (χ4n) is 2.93. The van der Waals surface area contributed by atoms with Crippen molar-refractivity contribution < 1.29 is 19.4 Å². The summed E-state index contributed by atoms with van der Waals surface area (Å²) in [4.78, 5) is 20.1. The summed E-state index contributed by atoms with van der Waals surface area (Å²) in [5.41, 5.74) is 4.46. The first kappa shape index (κ1) is 17.2. The number of hydrogen-bond acceptors (Lipinski definition) is 7. The molecule has 1 fully saturated rings. The van der Waals surface area contributed by atoms with Crippen molar-refractivity contribution in [2.45, 2.75) is 44.8 Å². The number of aliphatic hydroxyl groups is 1. The Morgan fingerprint density at radius 2 is 2.28 bits per heavy atom. The molecule has 2 aromatic heterocycles. The largest absolute Gasteiger partial charge is 0.455 e. The van der Waals surface area contributed by atoms with Gasteiger partial charge in [-0.2, -0.15) is 0 Å². The third-order valence-corrected chi connectivity index (χ3v) is 4.32. The van der Waals surface area contributed by atoms with Crippen molar-refractivity contribution in [2.75, 3.05) is 5.73 Å². The van der Waals surface area contributed by atoms with E-state index in [1.807, 2.05) is 0 Å². The van der Waals surface area contributed by atoms with Gasteiger partial charge in [-0.05, 0) is 13.0 Å². The molecular weight excluding hydrogens is 324 g/mol. The highest BCUT2D eigenvalue weighted by molar-refractivity contribution is 5.86. The summed E-state index contributed by atoms with van der Waals surface area (Å²) in [6.07, 6.45) is 5.98. The molecular formula is C17H20N4O4. The zero-order valence-electron chi connectivity index (χ0n) is 14.2. The maximum absolute atomic E-state index is 12.0. The maximum Gasteiger partial charge on any atom is 0.308 e. The van der Waals surface area contributed by atoms with Crippen molar-refractivity contribution >= 4 is 22.8 Å². The van der Waals surface area contributed by atoms with Gasteiger partial charge in [0.05, 0.1) is 17.4 Å². The van der Waals surface area contributed by atoms with Crippen LogP contribution in [0.25, 0.3) is 11.0 Å². The molecule has 0 aliphatic carbocycles. The second-order valence-corrected chi connectivity index (χ2v) is 6.39. The Hall–Kier alpha value is -2.63. The van der Waals surface area contributed by atoms with Gasteiger partial charge >= 0.3 is 5.97 Å². The molecule has 3 heterocycles.